The zero-order valence-electron chi connectivity index (χ0n) is 12.6. The molecule has 0 aromatic rings. The molecule has 1 aliphatic heterocycles. The van der Waals surface area contributed by atoms with E-state index < -0.39 is 5.54 Å². The van der Waals surface area contributed by atoms with Gasteiger partial charge in [0.05, 0.1) is 0 Å². The van der Waals surface area contributed by atoms with Crippen molar-refractivity contribution in [3.8, 4) is 0 Å². The standard InChI is InChI=1S/C16H29N3O/c17-15(20)16(13-6-7-13,18-14-8-9-14)12-19-10-4-2-1-3-5-11-19/h13-14,18H,1-12H2,(H2,17,20). The van der Waals surface area contributed by atoms with Gasteiger partial charge >= 0.3 is 0 Å². The lowest BCUT2D eigenvalue weighted by Crippen LogP contribution is -2.64. The molecule has 3 fully saturated rings. The molecular formula is C16H29N3O. The van der Waals surface area contributed by atoms with E-state index >= 15 is 0 Å². The molecule has 3 rings (SSSR count). The van der Waals surface area contributed by atoms with E-state index in [0.29, 0.717) is 12.0 Å². The second-order valence-corrected chi connectivity index (χ2v) is 7.07. The highest BCUT2D eigenvalue weighted by Gasteiger charge is 2.52. The predicted molar refractivity (Wildman–Crippen MR) is 80.3 cm³/mol. The highest BCUT2D eigenvalue weighted by atomic mass is 16.1. The summed E-state index contributed by atoms with van der Waals surface area (Å²) >= 11 is 0. The summed E-state index contributed by atoms with van der Waals surface area (Å²) in [5, 5.41) is 3.63. The van der Waals surface area contributed by atoms with E-state index in [0.717, 1.165) is 32.5 Å². The average molecular weight is 279 g/mol. The van der Waals surface area contributed by atoms with Gasteiger partial charge in [-0.1, -0.05) is 19.3 Å². The maximum atomic E-state index is 12.2. The van der Waals surface area contributed by atoms with Crippen molar-refractivity contribution in [1.29, 1.82) is 0 Å². The normalized spacial score (nSPS) is 28.4. The van der Waals surface area contributed by atoms with Crippen molar-refractivity contribution in [3.63, 3.8) is 0 Å². The van der Waals surface area contributed by atoms with Crippen molar-refractivity contribution in [2.75, 3.05) is 19.6 Å². The average Bonchev–Trinajstić information content (AvgIpc) is 3.24. The van der Waals surface area contributed by atoms with Crippen LogP contribution in [0.25, 0.3) is 0 Å². The monoisotopic (exact) mass is 279 g/mol. The van der Waals surface area contributed by atoms with Crippen molar-refractivity contribution in [2.24, 2.45) is 11.7 Å². The van der Waals surface area contributed by atoms with E-state index in [-0.39, 0.29) is 5.91 Å². The lowest BCUT2D eigenvalue weighted by Gasteiger charge is -2.38. The summed E-state index contributed by atoms with van der Waals surface area (Å²) in [6.45, 7) is 3.10. The summed E-state index contributed by atoms with van der Waals surface area (Å²) in [7, 11) is 0. The van der Waals surface area contributed by atoms with E-state index in [2.05, 4.69) is 10.2 Å². The fourth-order valence-corrected chi connectivity index (χ4v) is 3.63. The number of primary amides is 1. The zero-order chi connectivity index (χ0) is 14.0. The molecule has 0 bridgehead atoms. The van der Waals surface area contributed by atoms with E-state index in [1.54, 1.807) is 0 Å². The number of nitrogens with two attached hydrogens (primary N) is 1. The molecule has 3 N–H and O–H groups in total. The van der Waals surface area contributed by atoms with Crippen LogP contribution < -0.4 is 11.1 Å². The third kappa shape index (κ3) is 3.34. The number of amides is 1. The summed E-state index contributed by atoms with van der Waals surface area (Å²) < 4.78 is 0. The Labute approximate surface area is 122 Å². The Kier molecular flexibility index (Phi) is 4.32. The maximum absolute atomic E-state index is 12.2. The molecule has 4 heteroatoms. The number of hydrogen-bond donors (Lipinski definition) is 2. The van der Waals surface area contributed by atoms with Crippen molar-refractivity contribution in [1.82, 2.24) is 10.2 Å². The number of rotatable bonds is 6. The summed E-state index contributed by atoms with van der Waals surface area (Å²) in [5.74, 6) is 0.361. The fraction of sp³-hybridized carbons (Fsp3) is 0.938. The fourth-order valence-electron chi connectivity index (χ4n) is 3.63. The molecule has 0 radical (unpaired) electrons. The van der Waals surface area contributed by atoms with Crippen LogP contribution in [0.15, 0.2) is 0 Å². The number of carbonyl (C=O) groups is 1. The van der Waals surface area contributed by atoms with E-state index in [4.69, 9.17) is 5.73 Å². The molecule has 1 heterocycles. The molecule has 114 valence electrons. The Balaban J connectivity index is 1.68. The minimum Gasteiger partial charge on any atom is -0.368 e. The van der Waals surface area contributed by atoms with Crippen LogP contribution in [0, 0.1) is 5.92 Å². The first-order chi connectivity index (χ1) is 9.71. The van der Waals surface area contributed by atoms with Crippen LogP contribution in [0.2, 0.25) is 0 Å². The first-order valence-corrected chi connectivity index (χ1v) is 8.51. The Morgan fingerprint density at radius 3 is 2.15 bits per heavy atom. The van der Waals surface area contributed by atoms with Crippen molar-refractivity contribution < 1.29 is 4.79 Å². The van der Waals surface area contributed by atoms with Gasteiger partial charge in [0.2, 0.25) is 5.91 Å². The Morgan fingerprint density at radius 1 is 1.05 bits per heavy atom. The lowest BCUT2D eigenvalue weighted by atomic mass is 9.90. The van der Waals surface area contributed by atoms with Gasteiger partial charge in [-0.2, -0.15) is 0 Å². The quantitative estimate of drug-likeness (QED) is 0.777. The molecule has 1 amide bonds. The molecule has 2 aliphatic carbocycles. The highest BCUT2D eigenvalue weighted by molar-refractivity contribution is 5.86. The molecule has 3 aliphatic rings. The Hall–Kier alpha value is -0.610. The van der Waals surface area contributed by atoms with Gasteiger partial charge in [0, 0.05) is 12.6 Å². The smallest absolute Gasteiger partial charge is 0.239 e. The minimum atomic E-state index is -0.444. The van der Waals surface area contributed by atoms with Crippen LogP contribution in [-0.2, 0) is 4.79 Å². The van der Waals surface area contributed by atoms with Crippen molar-refractivity contribution >= 4 is 5.91 Å². The van der Waals surface area contributed by atoms with Gasteiger partial charge in [-0.3, -0.25) is 10.1 Å². The minimum absolute atomic E-state index is 0.117. The first kappa shape index (κ1) is 14.3. The van der Waals surface area contributed by atoms with Crippen LogP contribution >= 0.6 is 0 Å². The number of carbonyl (C=O) groups excluding carboxylic acids is 1. The SMILES string of the molecule is NC(=O)C(CN1CCCCCCC1)(NC1CC1)C1CC1. The molecule has 1 atom stereocenters. The number of hydrogen-bond acceptors (Lipinski definition) is 3. The summed E-state index contributed by atoms with van der Waals surface area (Å²) in [4.78, 5) is 14.7. The summed E-state index contributed by atoms with van der Waals surface area (Å²) in [6.07, 6.45) is 11.3. The Morgan fingerprint density at radius 2 is 1.65 bits per heavy atom. The van der Waals surface area contributed by atoms with Gasteiger partial charge in [-0.25, -0.2) is 0 Å². The van der Waals surface area contributed by atoms with Gasteiger partial charge in [0.1, 0.15) is 5.54 Å². The van der Waals surface area contributed by atoms with Crippen molar-refractivity contribution in [3.05, 3.63) is 0 Å². The molecule has 0 aromatic heterocycles. The summed E-state index contributed by atoms with van der Waals surface area (Å²) in [5.41, 5.74) is 5.40. The molecule has 20 heavy (non-hydrogen) atoms. The molecule has 1 saturated heterocycles. The summed E-state index contributed by atoms with van der Waals surface area (Å²) in [6, 6.07) is 0.540. The van der Waals surface area contributed by atoms with Crippen molar-refractivity contribution in [2.45, 2.75) is 69.4 Å². The molecule has 0 spiro atoms. The molecule has 0 aromatic carbocycles. The topological polar surface area (TPSA) is 58.4 Å². The van der Waals surface area contributed by atoms with Gasteiger partial charge in [0.15, 0.2) is 0 Å². The largest absolute Gasteiger partial charge is 0.368 e. The highest BCUT2D eigenvalue weighted by Crippen LogP contribution is 2.42. The second kappa shape index (κ2) is 6.02. The van der Waals surface area contributed by atoms with Crippen LogP contribution in [0.5, 0.6) is 0 Å². The zero-order valence-corrected chi connectivity index (χ0v) is 12.6. The first-order valence-electron chi connectivity index (χ1n) is 8.51. The van der Waals surface area contributed by atoms with E-state index in [9.17, 15) is 4.79 Å². The van der Waals surface area contributed by atoms with Crippen LogP contribution in [0.1, 0.15) is 57.8 Å². The van der Waals surface area contributed by atoms with Crippen LogP contribution in [-0.4, -0.2) is 42.0 Å². The predicted octanol–water partition coefficient (Wildman–Crippen LogP) is 1.64. The van der Waals surface area contributed by atoms with Crippen LogP contribution in [0.3, 0.4) is 0 Å². The molecule has 1 unspecified atom stereocenters. The van der Waals surface area contributed by atoms with Gasteiger partial charge in [-0.05, 0) is 57.5 Å². The van der Waals surface area contributed by atoms with E-state index in [1.807, 2.05) is 0 Å². The molecular weight excluding hydrogens is 250 g/mol. The number of likely N-dealkylation sites (tertiary alicyclic amines) is 1. The van der Waals surface area contributed by atoms with Gasteiger partial charge < -0.3 is 10.6 Å². The second-order valence-electron chi connectivity index (χ2n) is 7.07. The van der Waals surface area contributed by atoms with Gasteiger partial charge in [0.25, 0.3) is 0 Å². The third-order valence-corrected chi connectivity index (χ3v) is 5.17. The van der Waals surface area contributed by atoms with Crippen LogP contribution in [0.4, 0.5) is 0 Å². The maximum Gasteiger partial charge on any atom is 0.239 e. The van der Waals surface area contributed by atoms with E-state index in [1.165, 1.54) is 44.9 Å². The lowest BCUT2D eigenvalue weighted by molar-refractivity contribution is -0.126. The number of nitrogens with zero attached hydrogens (tertiary/aromatic N) is 1. The van der Waals surface area contributed by atoms with Gasteiger partial charge in [-0.15, -0.1) is 0 Å². The number of nitrogens with one attached hydrogen (secondary N) is 1. The third-order valence-electron chi connectivity index (χ3n) is 5.17. The molecule has 2 saturated carbocycles. The molecule has 4 nitrogen and oxygen atoms in total. The Bertz CT molecular complexity index is 344.